The van der Waals surface area contributed by atoms with Crippen LogP contribution in [0.5, 0.6) is 0 Å². The van der Waals surface area contributed by atoms with Gasteiger partial charge in [0.25, 0.3) is 5.91 Å². The lowest BCUT2D eigenvalue weighted by atomic mass is 10.1. The number of carbonyl (C=O) groups excluding carboxylic acids is 1. The molecule has 3 aromatic heterocycles. The molecule has 0 aliphatic carbocycles. The lowest BCUT2D eigenvalue weighted by Gasteiger charge is -2.17. The second-order valence-electron chi connectivity index (χ2n) is 7.67. The first-order valence-electron chi connectivity index (χ1n) is 9.90. The van der Waals surface area contributed by atoms with Crippen molar-refractivity contribution in [1.29, 1.82) is 0 Å². The highest BCUT2D eigenvalue weighted by molar-refractivity contribution is 6.08. The van der Waals surface area contributed by atoms with Gasteiger partial charge in [-0.1, -0.05) is 37.2 Å². The first-order valence-corrected chi connectivity index (χ1v) is 9.90. The van der Waals surface area contributed by atoms with Crippen LogP contribution in [0.25, 0.3) is 27.9 Å². The van der Waals surface area contributed by atoms with E-state index < -0.39 is 0 Å². The van der Waals surface area contributed by atoms with Gasteiger partial charge in [-0.3, -0.25) is 14.6 Å². The summed E-state index contributed by atoms with van der Waals surface area (Å²) in [4.78, 5) is 22.1. The molecule has 0 radical (unpaired) electrons. The van der Waals surface area contributed by atoms with E-state index in [1.165, 1.54) is 0 Å². The highest BCUT2D eigenvalue weighted by Crippen LogP contribution is 2.28. The molecule has 8 heteroatoms. The second kappa shape index (κ2) is 6.97. The molecule has 0 atom stereocenters. The zero-order chi connectivity index (χ0) is 20.0. The van der Waals surface area contributed by atoms with E-state index in [-0.39, 0.29) is 11.8 Å². The molecule has 1 aromatic carbocycles. The van der Waals surface area contributed by atoms with Gasteiger partial charge < -0.3 is 4.52 Å². The van der Waals surface area contributed by atoms with Crippen LogP contribution in [0, 0.1) is 0 Å². The van der Waals surface area contributed by atoms with Crippen molar-refractivity contribution in [3.63, 3.8) is 0 Å². The average Bonchev–Trinajstić information content (AvgIpc) is 3.47. The Hall–Kier alpha value is -3.26. The molecule has 0 saturated carbocycles. The SMILES string of the molecule is CC(C)c1nc(-c2ncn3c2cc(C(=O)NN2CCCC2)c2ccccc23)no1. The summed E-state index contributed by atoms with van der Waals surface area (Å²) in [5, 5.41) is 6.95. The molecule has 4 aromatic rings. The molecule has 0 spiro atoms. The Balaban J connectivity index is 1.66. The molecule has 0 bridgehead atoms. The molecule has 29 heavy (non-hydrogen) atoms. The standard InChI is InChI=1S/C21H22N6O2/c1-13(2)21-23-19(25-29-21)18-17-11-15(20(28)24-26-9-5-6-10-26)14-7-3-4-8-16(14)27(17)12-22-18/h3-4,7-8,11-13H,5-6,9-10H2,1-2H3,(H,24,28). The number of amides is 1. The lowest BCUT2D eigenvalue weighted by molar-refractivity contribution is 0.0827. The van der Waals surface area contributed by atoms with E-state index in [9.17, 15) is 4.79 Å². The largest absolute Gasteiger partial charge is 0.339 e. The fourth-order valence-corrected chi connectivity index (χ4v) is 3.77. The molecule has 1 fully saturated rings. The van der Waals surface area contributed by atoms with Crippen molar-refractivity contribution < 1.29 is 9.32 Å². The van der Waals surface area contributed by atoms with E-state index in [1.807, 2.05) is 53.6 Å². The number of benzene rings is 1. The van der Waals surface area contributed by atoms with Crippen LogP contribution in [-0.4, -0.2) is 43.5 Å². The molecule has 1 aliphatic heterocycles. The predicted octanol–water partition coefficient (Wildman–Crippen LogP) is 3.40. The number of hydrogen-bond acceptors (Lipinski definition) is 6. The topological polar surface area (TPSA) is 88.6 Å². The van der Waals surface area contributed by atoms with Gasteiger partial charge in [0.15, 0.2) is 0 Å². The third-order valence-corrected chi connectivity index (χ3v) is 5.30. The van der Waals surface area contributed by atoms with E-state index in [2.05, 4.69) is 20.6 Å². The summed E-state index contributed by atoms with van der Waals surface area (Å²) >= 11 is 0. The number of pyridine rings is 1. The molecule has 1 saturated heterocycles. The number of imidazole rings is 1. The first kappa shape index (κ1) is 17.8. The van der Waals surface area contributed by atoms with Gasteiger partial charge in [0.1, 0.15) is 12.0 Å². The average molecular weight is 390 g/mol. The minimum atomic E-state index is -0.117. The Morgan fingerprint density at radius 1 is 1.17 bits per heavy atom. The third-order valence-electron chi connectivity index (χ3n) is 5.30. The number of carbonyl (C=O) groups is 1. The van der Waals surface area contributed by atoms with Crippen LogP contribution >= 0.6 is 0 Å². The van der Waals surface area contributed by atoms with Crippen molar-refractivity contribution in [1.82, 2.24) is 30.0 Å². The van der Waals surface area contributed by atoms with Crippen LogP contribution in [0.3, 0.4) is 0 Å². The van der Waals surface area contributed by atoms with Gasteiger partial charge >= 0.3 is 0 Å². The predicted molar refractivity (Wildman–Crippen MR) is 108 cm³/mol. The fraction of sp³-hybridized carbons (Fsp3) is 0.333. The third kappa shape index (κ3) is 3.05. The van der Waals surface area contributed by atoms with Crippen molar-refractivity contribution in [3.05, 3.63) is 48.1 Å². The number of nitrogens with zero attached hydrogens (tertiary/aromatic N) is 5. The monoisotopic (exact) mass is 390 g/mol. The number of para-hydroxylation sites is 1. The molecule has 1 aliphatic rings. The van der Waals surface area contributed by atoms with E-state index in [0.29, 0.717) is 23.0 Å². The maximum Gasteiger partial charge on any atom is 0.266 e. The Morgan fingerprint density at radius 3 is 2.72 bits per heavy atom. The molecular formula is C21H22N6O2. The number of hydrogen-bond donors (Lipinski definition) is 1. The van der Waals surface area contributed by atoms with Crippen molar-refractivity contribution in [2.24, 2.45) is 0 Å². The Kier molecular flexibility index (Phi) is 4.28. The van der Waals surface area contributed by atoms with Crippen LogP contribution in [0.2, 0.25) is 0 Å². The van der Waals surface area contributed by atoms with Crippen molar-refractivity contribution in [2.75, 3.05) is 13.1 Å². The van der Waals surface area contributed by atoms with Gasteiger partial charge in [-0.2, -0.15) is 4.98 Å². The number of hydrazine groups is 1. The first-order chi connectivity index (χ1) is 14.1. The lowest BCUT2D eigenvalue weighted by Crippen LogP contribution is -2.40. The molecule has 1 amide bonds. The molecule has 1 N–H and O–H groups in total. The maximum absolute atomic E-state index is 13.1. The van der Waals surface area contributed by atoms with Crippen LogP contribution in [-0.2, 0) is 0 Å². The normalized spacial score (nSPS) is 15.0. The summed E-state index contributed by atoms with van der Waals surface area (Å²) in [6.45, 7) is 5.75. The zero-order valence-electron chi connectivity index (χ0n) is 16.4. The maximum atomic E-state index is 13.1. The minimum absolute atomic E-state index is 0.117. The second-order valence-corrected chi connectivity index (χ2v) is 7.67. The summed E-state index contributed by atoms with van der Waals surface area (Å²) in [6, 6.07) is 9.69. The highest BCUT2D eigenvalue weighted by Gasteiger charge is 2.22. The quantitative estimate of drug-likeness (QED) is 0.575. The fourth-order valence-electron chi connectivity index (χ4n) is 3.77. The number of nitrogens with one attached hydrogen (secondary N) is 1. The highest BCUT2D eigenvalue weighted by atomic mass is 16.5. The molecule has 8 nitrogen and oxygen atoms in total. The minimum Gasteiger partial charge on any atom is -0.339 e. The summed E-state index contributed by atoms with van der Waals surface area (Å²) in [6.07, 6.45) is 3.94. The van der Waals surface area contributed by atoms with E-state index in [1.54, 1.807) is 6.33 Å². The number of fused-ring (bicyclic) bond motifs is 3. The number of aromatic nitrogens is 4. The number of rotatable bonds is 4. The van der Waals surface area contributed by atoms with E-state index in [0.717, 1.165) is 42.4 Å². The van der Waals surface area contributed by atoms with Gasteiger partial charge in [0, 0.05) is 24.4 Å². The van der Waals surface area contributed by atoms with Crippen LogP contribution in [0.1, 0.15) is 48.9 Å². The van der Waals surface area contributed by atoms with E-state index >= 15 is 0 Å². The van der Waals surface area contributed by atoms with Crippen LogP contribution < -0.4 is 5.43 Å². The summed E-state index contributed by atoms with van der Waals surface area (Å²) in [7, 11) is 0. The smallest absolute Gasteiger partial charge is 0.266 e. The van der Waals surface area contributed by atoms with Crippen molar-refractivity contribution in [2.45, 2.75) is 32.6 Å². The Labute approximate surface area is 167 Å². The van der Waals surface area contributed by atoms with Crippen LogP contribution in [0.15, 0.2) is 41.2 Å². The molecule has 148 valence electrons. The molecular weight excluding hydrogens is 368 g/mol. The van der Waals surface area contributed by atoms with Crippen molar-refractivity contribution >= 4 is 22.3 Å². The Morgan fingerprint density at radius 2 is 1.97 bits per heavy atom. The summed E-state index contributed by atoms with van der Waals surface area (Å²) < 4.78 is 7.32. The van der Waals surface area contributed by atoms with E-state index in [4.69, 9.17) is 4.52 Å². The van der Waals surface area contributed by atoms with Crippen LogP contribution in [0.4, 0.5) is 0 Å². The van der Waals surface area contributed by atoms with Gasteiger partial charge in [-0.05, 0) is 25.0 Å². The summed E-state index contributed by atoms with van der Waals surface area (Å²) in [5.41, 5.74) is 5.92. The van der Waals surface area contributed by atoms with Gasteiger partial charge in [0.05, 0.1) is 16.6 Å². The zero-order valence-corrected chi connectivity index (χ0v) is 16.4. The van der Waals surface area contributed by atoms with Gasteiger partial charge in [0.2, 0.25) is 11.7 Å². The van der Waals surface area contributed by atoms with Gasteiger partial charge in [-0.15, -0.1) is 0 Å². The van der Waals surface area contributed by atoms with Gasteiger partial charge in [-0.25, -0.2) is 9.99 Å². The Bertz CT molecular complexity index is 1200. The molecule has 4 heterocycles. The molecule has 0 unspecified atom stereocenters. The molecule has 5 rings (SSSR count). The van der Waals surface area contributed by atoms with Crippen molar-refractivity contribution in [3.8, 4) is 11.5 Å². The summed E-state index contributed by atoms with van der Waals surface area (Å²) in [5.74, 6) is 1.01.